The van der Waals surface area contributed by atoms with Crippen LogP contribution in [-0.2, 0) is 16.1 Å². The summed E-state index contributed by atoms with van der Waals surface area (Å²) in [5, 5.41) is 5.13. The molecule has 1 atom stereocenters. The number of amides is 2. The number of nitrogens with zero attached hydrogens (tertiary/aromatic N) is 1. The summed E-state index contributed by atoms with van der Waals surface area (Å²) in [4.78, 5) is 29.0. The third kappa shape index (κ3) is 5.92. The molecule has 2 amide bonds. The van der Waals surface area contributed by atoms with Crippen molar-refractivity contribution in [3.05, 3.63) is 46.2 Å². The van der Waals surface area contributed by atoms with E-state index in [1.165, 1.54) is 17.8 Å². The lowest BCUT2D eigenvalue weighted by atomic mass is 9.94. The summed E-state index contributed by atoms with van der Waals surface area (Å²) in [6.07, 6.45) is 5.31. The van der Waals surface area contributed by atoms with Crippen molar-refractivity contribution in [2.24, 2.45) is 0 Å². The molecule has 1 fully saturated rings. The number of carbonyl (C=O) groups excluding carboxylic acids is 2. The zero-order chi connectivity index (χ0) is 22.2. The van der Waals surface area contributed by atoms with E-state index in [4.69, 9.17) is 21.1 Å². The van der Waals surface area contributed by atoms with Crippen LogP contribution >= 0.6 is 22.9 Å². The molecular formula is C23H29ClN2O4S. The molecule has 8 heteroatoms. The van der Waals surface area contributed by atoms with Crippen LogP contribution in [0.3, 0.4) is 0 Å². The Morgan fingerprint density at radius 1 is 1.16 bits per heavy atom. The Morgan fingerprint density at radius 2 is 1.90 bits per heavy atom. The molecule has 1 N–H and O–H groups in total. The third-order valence-electron chi connectivity index (χ3n) is 5.58. The van der Waals surface area contributed by atoms with Crippen molar-refractivity contribution in [1.29, 1.82) is 0 Å². The molecular weight excluding hydrogens is 436 g/mol. The lowest BCUT2D eigenvalue weighted by Gasteiger charge is -2.33. The number of rotatable bonds is 9. The molecule has 0 unspecified atom stereocenters. The smallest absolute Gasteiger partial charge is 0.247 e. The number of methoxy groups -OCH3 is 2. The minimum Gasteiger partial charge on any atom is -0.493 e. The normalized spacial score (nSPS) is 15.2. The van der Waals surface area contributed by atoms with E-state index in [1.54, 1.807) is 37.3 Å². The van der Waals surface area contributed by atoms with Crippen LogP contribution in [0, 0.1) is 0 Å². The second kappa shape index (κ2) is 11.4. The average Bonchev–Trinajstić information content (AvgIpc) is 3.31. The van der Waals surface area contributed by atoms with Crippen LogP contribution in [0.1, 0.15) is 48.6 Å². The van der Waals surface area contributed by atoms with Gasteiger partial charge in [-0.15, -0.1) is 22.9 Å². The van der Waals surface area contributed by atoms with E-state index in [0.29, 0.717) is 23.6 Å². The number of benzene rings is 1. The number of halogens is 1. The minimum absolute atomic E-state index is 0.124. The molecule has 1 saturated carbocycles. The Hall–Kier alpha value is -2.25. The minimum atomic E-state index is -0.824. The fourth-order valence-corrected chi connectivity index (χ4v) is 4.85. The molecule has 0 bridgehead atoms. The lowest BCUT2D eigenvalue weighted by molar-refractivity contribution is -0.140. The maximum atomic E-state index is 13.5. The number of thiophene rings is 1. The number of alkyl halides is 1. The van der Waals surface area contributed by atoms with Gasteiger partial charge in [-0.3, -0.25) is 9.59 Å². The molecule has 0 saturated heterocycles. The molecule has 6 nitrogen and oxygen atoms in total. The van der Waals surface area contributed by atoms with Gasteiger partial charge in [-0.2, -0.15) is 0 Å². The quantitative estimate of drug-likeness (QED) is 0.554. The molecule has 31 heavy (non-hydrogen) atoms. The standard InChI is InChI=1S/C23H29ClN2O4S/c1-29-19-11-10-16(13-20(19)30-2)22(23(28)25-17-7-4-3-5-8-17)26(21(27)14-24)15-18-9-6-12-31-18/h6,9-13,17,22H,3-5,7-8,14-15H2,1-2H3,(H,25,28)/t22-/m1/s1. The van der Waals surface area contributed by atoms with Crippen molar-refractivity contribution < 1.29 is 19.1 Å². The molecule has 1 aliphatic rings. The van der Waals surface area contributed by atoms with E-state index in [0.717, 1.165) is 30.6 Å². The van der Waals surface area contributed by atoms with Crippen molar-refractivity contribution in [1.82, 2.24) is 10.2 Å². The summed E-state index contributed by atoms with van der Waals surface area (Å²) >= 11 is 7.50. The number of ether oxygens (including phenoxy) is 2. The van der Waals surface area contributed by atoms with Crippen molar-refractivity contribution in [2.75, 3.05) is 20.1 Å². The maximum absolute atomic E-state index is 13.5. The lowest BCUT2D eigenvalue weighted by Crippen LogP contribution is -2.47. The van der Waals surface area contributed by atoms with E-state index < -0.39 is 6.04 Å². The molecule has 1 aliphatic carbocycles. The van der Waals surface area contributed by atoms with Crippen LogP contribution in [0.2, 0.25) is 0 Å². The SMILES string of the molecule is COc1ccc([C@H](C(=O)NC2CCCCC2)N(Cc2cccs2)C(=O)CCl)cc1OC. The van der Waals surface area contributed by atoms with Gasteiger partial charge in [0.15, 0.2) is 11.5 Å². The first-order valence-electron chi connectivity index (χ1n) is 10.5. The maximum Gasteiger partial charge on any atom is 0.247 e. The fraction of sp³-hybridized carbons (Fsp3) is 0.478. The molecule has 0 radical (unpaired) electrons. The second-order valence-electron chi connectivity index (χ2n) is 7.60. The topological polar surface area (TPSA) is 67.9 Å². The summed E-state index contributed by atoms with van der Waals surface area (Å²) in [6, 6.07) is 8.49. The largest absolute Gasteiger partial charge is 0.493 e. The van der Waals surface area contributed by atoms with Gasteiger partial charge >= 0.3 is 0 Å². The number of carbonyl (C=O) groups is 2. The zero-order valence-electron chi connectivity index (χ0n) is 17.9. The van der Waals surface area contributed by atoms with Gasteiger partial charge in [-0.25, -0.2) is 0 Å². The van der Waals surface area contributed by atoms with Gasteiger partial charge in [0, 0.05) is 10.9 Å². The van der Waals surface area contributed by atoms with Crippen LogP contribution < -0.4 is 14.8 Å². The number of hydrogen-bond donors (Lipinski definition) is 1. The Bertz CT molecular complexity index is 868. The Kier molecular flexibility index (Phi) is 8.60. The summed E-state index contributed by atoms with van der Waals surface area (Å²) in [7, 11) is 3.11. The van der Waals surface area contributed by atoms with Crippen LogP contribution in [-0.4, -0.2) is 42.9 Å². The highest BCUT2D eigenvalue weighted by molar-refractivity contribution is 7.09. The summed E-state index contributed by atoms with van der Waals surface area (Å²) in [5.74, 6) is 0.366. The molecule has 2 aromatic rings. The highest BCUT2D eigenvalue weighted by Gasteiger charge is 2.33. The molecule has 1 aromatic heterocycles. The monoisotopic (exact) mass is 464 g/mol. The van der Waals surface area contributed by atoms with Gasteiger partial charge in [0.1, 0.15) is 11.9 Å². The molecule has 3 rings (SSSR count). The summed E-state index contributed by atoms with van der Waals surface area (Å²) in [5.41, 5.74) is 0.654. The second-order valence-corrected chi connectivity index (χ2v) is 8.89. The first-order chi connectivity index (χ1) is 15.1. The zero-order valence-corrected chi connectivity index (χ0v) is 19.5. The first kappa shape index (κ1) is 23.4. The Labute approximate surface area is 192 Å². The van der Waals surface area contributed by atoms with Crippen LogP contribution in [0.4, 0.5) is 0 Å². The van der Waals surface area contributed by atoms with Crippen molar-refractivity contribution >= 4 is 34.8 Å². The Balaban J connectivity index is 1.98. The molecule has 0 aliphatic heterocycles. The van der Waals surface area contributed by atoms with Crippen LogP contribution in [0.25, 0.3) is 0 Å². The van der Waals surface area contributed by atoms with E-state index in [1.807, 2.05) is 17.5 Å². The number of nitrogens with one attached hydrogen (secondary N) is 1. The summed E-state index contributed by atoms with van der Waals surface area (Å²) in [6.45, 7) is 0.306. The molecule has 0 spiro atoms. The Morgan fingerprint density at radius 3 is 2.52 bits per heavy atom. The molecule has 168 valence electrons. The third-order valence-corrected chi connectivity index (χ3v) is 6.67. The van der Waals surface area contributed by atoms with Gasteiger partial charge in [0.25, 0.3) is 0 Å². The van der Waals surface area contributed by atoms with Crippen LogP contribution in [0.5, 0.6) is 11.5 Å². The fourth-order valence-electron chi connectivity index (χ4n) is 3.99. The number of hydrogen-bond acceptors (Lipinski definition) is 5. The van der Waals surface area contributed by atoms with E-state index in [9.17, 15) is 9.59 Å². The summed E-state index contributed by atoms with van der Waals surface area (Å²) < 4.78 is 10.8. The predicted octanol–water partition coefficient (Wildman–Crippen LogP) is 4.52. The van der Waals surface area contributed by atoms with Crippen molar-refractivity contribution in [3.8, 4) is 11.5 Å². The van der Waals surface area contributed by atoms with Crippen molar-refractivity contribution in [3.63, 3.8) is 0 Å². The van der Waals surface area contributed by atoms with Crippen LogP contribution in [0.15, 0.2) is 35.7 Å². The van der Waals surface area contributed by atoms with E-state index in [2.05, 4.69) is 5.32 Å². The average molecular weight is 465 g/mol. The van der Waals surface area contributed by atoms with Gasteiger partial charge < -0.3 is 19.7 Å². The molecule has 1 heterocycles. The highest BCUT2D eigenvalue weighted by Crippen LogP contribution is 2.33. The molecule has 1 aromatic carbocycles. The van der Waals surface area contributed by atoms with Gasteiger partial charge in [0.2, 0.25) is 11.8 Å². The van der Waals surface area contributed by atoms with Crippen molar-refractivity contribution in [2.45, 2.75) is 50.7 Å². The van der Waals surface area contributed by atoms with E-state index >= 15 is 0 Å². The van der Waals surface area contributed by atoms with Gasteiger partial charge in [-0.05, 0) is 42.0 Å². The predicted molar refractivity (Wildman–Crippen MR) is 123 cm³/mol. The van der Waals surface area contributed by atoms with Gasteiger partial charge in [0.05, 0.1) is 20.8 Å². The van der Waals surface area contributed by atoms with Gasteiger partial charge in [-0.1, -0.05) is 31.4 Å². The highest BCUT2D eigenvalue weighted by atomic mass is 35.5. The van der Waals surface area contributed by atoms with E-state index in [-0.39, 0.29) is 23.7 Å². The first-order valence-corrected chi connectivity index (χ1v) is 11.9.